The van der Waals surface area contributed by atoms with Crippen LogP contribution in [0.25, 0.3) is 5.69 Å². The summed E-state index contributed by atoms with van der Waals surface area (Å²) >= 11 is 0. The Labute approximate surface area is 173 Å². The van der Waals surface area contributed by atoms with Gasteiger partial charge in [-0.05, 0) is 44.6 Å². The average molecular weight is 391 g/mol. The van der Waals surface area contributed by atoms with Crippen molar-refractivity contribution >= 4 is 5.91 Å². The third-order valence-corrected chi connectivity index (χ3v) is 5.41. The highest BCUT2D eigenvalue weighted by Crippen LogP contribution is 2.21. The maximum Gasteiger partial charge on any atom is 0.255 e. The largest absolute Gasteiger partial charge is 0.350 e. The Morgan fingerprint density at radius 1 is 1.00 bits per heavy atom. The van der Waals surface area contributed by atoms with Gasteiger partial charge in [-0.15, -0.1) is 0 Å². The van der Waals surface area contributed by atoms with Crippen LogP contribution in [0.15, 0.2) is 60.7 Å². The smallest absolute Gasteiger partial charge is 0.255 e. The fourth-order valence-electron chi connectivity index (χ4n) is 3.87. The number of benzene rings is 2. The summed E-state index contributed by atoms with van der Waals surface area (Å²) in [5, 5.41) is 7.76. The second-order valence-corrected chi connectivity index (χ2v) is 7.15. The number of carbonyl (C=O) groups is 1. The molecule has 152 valence electrons. The van der Waals surface area contributed by atoms with Crippen LogP contribution in [0.4, 0.5) is 0 Å². The van der Waals surface area contributed by atoms with Crippen molar-refractivity contribution < 1.29 is 4.79 Å². The molecule has 0 bridgehead atoms. The average Bonchev–Trinajstić information content (AvgIpc) is 3.06. The summed E-state index contributed by atoms with van der Waals surface area (Å²) in [6, 6.07) is 20.4. The summed E-state index contributed by atoms with van der Waals surface area (Å²) in [4.78, 5) is 15.4. The highest BCUT2D eigenvalue weighted by Gasteiger charge is 2.22. The topological polar surface area (TPSA) is 50.2 Å². The van der Waals surface area contributed by atoms with E-state index in [4.69, 9.17) is 0 Å². The van der Waals surface area contributed by atoms with Gasteiger partial charge in [-0.3, -0.25) is 9.69 Å². The molecule has 0 aliphatic carbocycles. The first kappa shape index (κ1) is 20.8. The first-order chi connectivity index (χ1) is 14.1. The van der Waals surface area contributed by atoms with Gasteiger partial charge in [0.05, 0.1) is 28.7 Å². The van der Waals surface area contributed by atoms with Crippen LogP contribution in [0.5, 0.6) is 0 Å². The lowest BCUT2D eigenvalue weighted by atomic mass is 10.0. The number of hydrogen-bond donors (Lipinski definition) is 1. The van der Waals surface area contributed by atoms with E-state index in [9.17, 15) is 4.79 Å². The zero-order valence-corrected chi connectivity index (χ0v) is 17.7. The number of rotatable bonds is 8. The van der Waals surface area contributed by atoms with Crippen LogP contribution < -0.4 is 5.32 Å². The molecule has 5 heteroatoms. The van der Waals surface area contributed by atoms with E-state index in [-0.39, 0.29) is 11.9 Å². The van der Waals surface area contributed by atoms with Crippen LogP contribution in [0.3, 0.4) is 0 Å². The predicted molar refractivity (Wildman–Crippen MR) is 117 cm³/mol. The molecule has 0 spiro atoms. The molecule has 1 heterocycles. The fourth-order valence-corrected chi connectivity index (χ4v) is 3.87. The van der Waals surface area contributed by atoms with Gasteiger partial charge in [0, 0.05) is 6.54 Å². The number of carbonyl (C=O) groups excluding carboxylic acids is 1. The second kappa shape index (κ2) is 9.52. The molecule has 0 aliphatic rings. The molecule has 3 rings (SSSR count). The monoisotopic (exact) mass is 390 g/mol. The number of aryl methyl sites for hydroxylation is 1. The van der Waals surface area contributed by atoms with E-state index >= 15 is 0 Å². The van der Waals surface area contributed by atoms with Crippen molar-refractivity contribution in [3.8, 4) is 5.69 Å². The molecule has 2 aromatic carbocycles. The van der Waals surface area contributed by atoms with Crippen molar-refractivity contribution in [2.75, 3.05) is 19.6 Å². The summed E-state index contributed by atoms with van der Waals surface area (Å²) in [6.07, 6.45) is 0. The number of amides is 1. The quantitative estimate of drug-likeness (QED) is 0.624. The van der Waals surface area contributed by atoms with Crippen molar-refractivity contribution in [3.05, 3.63) is 83.2 Å². The predicted octanol–water partition coefficient (Wildman–Crippen LogP) is 4.30. The van der Waals surface area contributed by atoms with E-state index in [0.717, 1.165) is 30.2 Å². The van der Waals surface area contributed by atoms with Gasteiger partial charge in [0.1, 0.15) is 0 Å². The van der Waals surface area contributed by atoms with Crippen LogP contribution in [-0.4, -0.2) is 40.2 Å². The number of likely N-dealkylation sites (N-methyl/N-ethyl adjacent to an activating group) is 1. The Morgan fingerprint density at radius 2 is 1.59 bits per heavy atom. The summed E-state index contributed by atoms with van der Waals surface area (Å²) in [6.45, 7) is 10.5. The molecular weight excluding hydrogens is 360 g/mol. The number of aromatic nitrogens is 2. The lowest BCUT2D eigenvalue weighted by molar-refractivity contribution is 0.0933. The molecule has 0 aliphatic heterocycles. The molecular formula is C24H30N4O. The highest BCUT2D eigenvalue weighted by molar-refractivity contribution is 5.96. The summed E-state index contributed by atoms with van der Waals surface area (Å²) in [5.74, 6) is -0.0738. The van der Waals surface area contributed by atoms with Crippen LogP contribution in [0.2, 0.25) is 0 Å². The van der Waals surface area contributed by atoms with Crippen molar-refractivity contribution in [2.24, 2.45) is 0 Å². The molecule has 0 fully saturated rings. The number of nitrogens with one attached hydrogen (secondary N) is 1. The molecule has 3 aromatic rings. The molecule has 1 N–H and O–H groups in total. The molecule has 29 heavy (non-hydrogen) atoms. The molecule has 0 radical (unpaired) electrons. The van der Waals surface area contributed by atoms with Gasteiger partial charge in [0.15, 0.2) is 0 Å². The fraction of sp³-hybridized carbons (Fsp3) is 0.333. The van der Waals surface area contributed by atoms with Gasteiger partial charge in [0.2, 0.25) is 0 Å². The van der Waals surface area contributed by atoms with Crippen LogP contribution in [-0.2, 0) is 0 Å². The van der Waals surface area contributed by atoms with E-state index in [1.807, 2.05) is 67.1 Å². The first-order valence-corrected chi connectivity index (χ1v) is 10.3. The van der Waals surface area contributed by atoms with Crippen LogP contribution in [0.1, 0.15) is 47.2 Å². The summed E-state index contributed by atoms with van der Waals surface area (Å²) in [7, 11) is 0. The number of nitrogens with zero attached hydrogens (tertiary/aromatic N) is 3. The zero-order chi connectivity index (χ0) is 20.8. The van der Waals surface area contributed by atoms with Gasteiger partial charge in [-0.25, -0.2) is 4.68 Å². The highest BCUT2D eigenvalue weighted by atomic mass is 16.1. The third kappa shape index (κ3) is 4.57. The standard InChI is InChI=1S/C24H30N4O/c1-5-27(6-2)22(20-13-9-7-10-14-20)17-25-24(29)23-18(3)26-28(19(23)4)21-15-11-8-12-16-21/h7-16,22H,5-6,17H2,1-4H3,(H,25,29). The summed E-state index contributed by atoms with van der Waals surface area (Å²) in [5.41, 5.74) is 4.41. The van der Waals surface area contributed by atoms with Crippen molar-refractivity contribution in [1.82, 2.24) is 20.0 Å². The number of hydrogen-bond acceptors (Lipinski definition) is 3. The molecule has 1 unspecified atom stereocenters. The third-order valence-electron chi connectivity index (χ3n) is 5.41. The SMILES string of the molecule is CCN(CC)C(CNC(=O)c1c(C)nn(-c2ccccc2)c1C)c1ccccc1. The maximum atomic E-state index is 13.1. The Morgan fingerprint density at radius 3 is 2.17 bits per heavy atom. The van der Waals surface area contributed by atoms with E-state index < -0.39 is 0 Å². The van der Waals surface area contributed by atoms with Crippen molar-refractivity contribution in [3.63, 3.8) is 0 Å². The number of para-hydroxylation sites is 1. The Hall–Kier alpha value is -2.92. The lowest BCUT2D eigenvalue weighted by Crippen LogP contribution is -2.38. The van der Waals surface area contributed by atoms with E-state index in [2.05, 4.69) is 41.3 Å². The van der Waals surface area contributed by atoms with Gasteiger partial charge >= 0.3 is 0 Å². The molecule has 1 atom stereocenters. The van der Waals surface area contributed by atoms with Gasteiger partial charge in [0.25, 0.3) is 5.91 Å². The molecule has 5 nitrogen and oxygen atoms in total. The molecule has 1 amide bonds. The Bertz CT molecular complexity index is 930. The van der Waals surface area contributed by atoms with E-state index in [0.29, 0.717) is 12.1 Å². The zero-order valence-electron chi connectivity index (χ0n) is 17.7. The molecule has 1 aromatic heterocycles. The van der Waals surface area contributed by atoms with Gasteiger partial charge in [-0.1, -0.05) is 62.4 Å². The van der Waals surface area contributed by atoms with E-state index in [1.165, 1.54) is 5.56 Å². The normalized spacial score (nSPS) is 12.2. The summed E-state index contributed by atoms with van der Waals surface area (Å²) < 4.78 is 1.84. The van der Waals surface area contributed by atoms with Crippen LogP contribution >= 0.6 is 0 Å². The first-order valence-electron chi connectivity index (χ1n) is 10.3. The van der Waals surface area contributed by atoms with E-state index in [1.54, 1.807) is 0 Å². The molecule has 0 saturated heterocycles. The van der Waals surface area contributed by atoms with Crippen LogP contribution in [0, 0.1) is 13.8 Å². The van der Waals surface area contributed by atoms with Crippen molar-refractivity contribution in [1.29, 1.82) is 0 Å². The van der Waals surface area contributed by atoms with Crippen molar-refractivity contribution in [2.45, 2.75) is 33.7 Å². The second-order valence-electron chi connectivity index (χ2n) is 7.15. The minimum Gasteiger partial charge on any atom is -0.350 e. The lowest BCUT2D eigenvalue weighted by Gasteiger charge is -2.30. The van der Waals surface area contributed by atoms with Gasteiger partial charge < -0.3 is 5.32 Å². The van der Waals surface area contributed by atoms with Gasteiger partial charge in [-0.2, -0.15) is 5.10 Å². The minimum absolute atomic E-state index is 0.0738. The molecule has 0 saturated carbocycles. The Balaban J connectivity index is 1.81. The Kier molecular flexibility index (Phi) is 6.83. The minimum atomic E-state index is -0.0738. The maximum absolute atomic E-state index is 13.1.